The van der Waals surface area contributed by atoms with Crippen LogP contribution in [-0.4, -0.2) is 30.7 Å². The van der Waals surface area contributed by atoms with Gasteiger partial charge in [-0.05, 0) is 54.8 Å². The number of H-pyrrole nitrogens is 1. The van der Waals surface area contributed by atoms with Gasteiger partial charge in [-0.15, -0.1) is 0 Å². The molecule has 1 heterocycles. The first-order valence-corrected chi connectivity index (χ1v) is 10.1. The summed E-state index contributed by atoms with van der Waals surface area (Å²) in [5, 5.41) is 3.89. The minimum absolute atomic E-state index is 0.00904. The van der Waals surface area contributed by atoms with Crippen LogP contribution in [0.25, 0.3) is 10.9 Å². The Hall–Kier alpha value is -3.00. The molecule has 0 atom stereocenters. The predicted molar refractivity (Wildman–Crippen MR) is 111 cm³/mol. The van der Waals surface area contributed by atoms with Gasteiger partial charge in [-0.25, -0.2) is 0 Å². The SMILES string of the molecule is CO[C@H]1C[C@H](C(=O)Nc2c[nH]c3ccc(CCOc4ccc(C(F)(F)F)cc4)cc23)C1. The summed E-state index contributed by atoms with van der Waals surface area (Å²) in [6, 6.07) is 10.5. The predicted octanol–water partition coefficient (Wildman–Crippen LogP) is 5.17. The van der Waals surface area contributed by atoms with E-state index in [0.29, 0.717) is 18.8 Å². The standard InChI is InChI=1S/C23H23F3N2O3/c1-30-18-11-15(12-18)22(29)28-21-13-27-20-7-2-14(10-19(20)21)8-9-31-17-5-3-16(4-6-17)23(24,25)26/h2-7,10,13,15,18,27H,8-9,11-12H2,1H3,(H,28,29)/t15-,18-. The number of anilines is 1. The van der Waals surface area contributed by atoms with Gasteiger partial charge in [0.1, 0.15) is 5.75 Å². The summed E-state index contributed by atoms with van der Waals surface area (Å²) in [7, 11) is 1.65. The molecular formula is C23H23F3N2O3. The molecule has 1 aromatic heterocycles. The van der Waals surface area contributed by atoms with Crippen molar-refractivity contribution in [3.05, 3.63) is 59.8 Å². The molecule has 2 aromatic carbocycles. The Morgan fingerprint density at radius 2 is 1.90 bits per heavy atom. The Bertz CT molecular complexity index is 1050. The second-order valence-electron chi connectivity index (χ2n) is 7.72. The number of hydrogen-bond acceptors (Lipinski definition) is 3. The van der Waals surface area contributed by atoms with Crippen LogP contribution >= 0.6 is 0 Å². The average molecular weight is 432 g/mol. The first kappa shape index (κ1) is 21.2. The Morgan fingerprint density at radius 3 is 2.58 bits per heavy atom. The van der Waals surface area contributed by atoms with E-state index in [1.165, 1.54) is 12.1 Å². The topological polar surface area (TPSA) is 63.3 Å². The summed E-state index contributed by atoms with van der Waals surface area (Å²) >= 11 is 0. The molecule has 1 aliphatic carbocycles. The van der Waals surface area contributed by atoms with E-state index >= 15 is 0 Å². The van der Waals surface area contributed by atoms with Crippen LogP contribution in [0.1, 0.15) is 24.0 Å². The maximum atomic E-state index is 12.6. The second kappa shape index (κ2) is 8.63. The zero-order chi connectivity index (χ0) is 22.0. The number of benzene rings is 2. The Balaban J connectivity index is 1.35. The third kappa shape index (κ3) is 4.85. The van der Waals surface area contributed by atoms with Crippen molar-refractivity contribution in [1.29, 1.82) is 0 Å². The molecule has 164 valence electrons. The second-order valence-corrected chi connectivity index (χ2v) is 7.72. The third-order valence-corrected chi connectivity index (χ3v) is 5.64. The van der Waals surface area contributed by atoms with E-state index in [-0.39, 0.29) is 17.9 Å². The summed E-state index contributed by atoms with van der Waals surface area (Å²) in [6.45, 7) is 0.323. The molecular weight excluding hydrogens is 409 g/mol. The monoisotopic (exact) mass is 432 g/mol. The van der Waals surface area contributed by atoms with Crippen LogP contribution < -0.4 is 10.1 Å². The van der Waals surface area contributed by atoms with E-state index < -0.39 is 11.7 Å². The van der Waals surface area contributed by atoms with Crippen LogP contribution in [0.5, 0.6) is 5.75 Å². The number of methoxy groups -OCH3 is 1. The fourth-order valence-electron chi connectivity index (χ4n) is 3.66. The van der Waals surface area contributed by atoms with Crippen molar-refractivity contribution in [2.75, 3.05) is 19.0 Å². The summed E-state index contributed by atoms with van der Waals surface area (Å²) in [5.74, 6) is 0.346. The van der Waals surface area contributed by atoms with Gasteiger partial charge in [-0.3, -0.25) is 4.79 Å². The largest absolute Gasteiger partial charge is 0.493 e. The molecule has 0 unspecified atom stereocenters. The van der Waals surface area contributed by atoms with E-state index in [1.807, 2.05) is 18.2 Å². The molecule has 8 heteroatoms. The highest BCUT2D eigenvalue weighted by Gasteiger charge is 2.34. The van der Waals surface area contributed by atoms with E-state index in [1.54, 1.807) is 13.3 Å². The smallest absolute Gasteiger partial charge is 0.416 e. The molecule has 3 aromatic rings. The van der Waals surface area contributed by atoms with Gasteiger partial charge in [0, 0.05) is 36.5 Å². The summed E-state index contributed by atoms with van der Waals surface area (Å²) in [5.41, 5.74) is 1.93. The number of nitrogens with one attached hydrogen (secondary N) is 2. The molecule has 1 saturated carbocycles. The van der Waals surface area contributed by atoms with Gasteiger partial charge < -0.3 is 19.8 Å². The van der Waals surface area contributed by atoms with Crippen molar-refractivity contribution < 1.29 is 27.4 Å². The van der Waals surface area contributed by atoms with Crippen molar-refractivity contribution in [3.63, 3.8) is 0 Å². The van der Waals surface area contributed by atoms with Crippen molar-refractivity contribution >= 4 is 22.5 Å². The zero-order valence-electron chi connectivity index (χ0n) is 17.0. The Morgan fingerprint density at radius 1 is 1.16 bits per heavy atom. The molecule has 4 rings (SSSR count). The van der Waals surface area contributed by atoms with Gasteiger partial charge in [-0.2, -0.15) is 13.2 Å². The number of aromatic nitrogens is 1. The third-order valence-electron chi connectivity index (χ3n) is 5.64. The lowest BCUT2D eigenvalue weighted by Gasteiger charge is -2.32. The first-order chi connectivity index (χ1) is 14.8. The van der Waals surface area contributed by atoms with E-state index in [0.717, 1.165) is 47.1 Å². The molecule has 1 aliphatic rings. The summed E-state index contributed by atoms with van der Waals surface area (Å²) in [4.78, 5) is 15.6. The van der Waals surface area contributed by atoms with Crippen LogP contribution in [0, 0.1) is 5.92 Å². The van der Waals surface area contributed by atoms with Crippen molar-refractivity contribution in [2.45, 2.75) is 31.5 Å². The van der Waals surface area contributed by atoms with Crippen LogP contribution in [0.2, 0.25) is 0 Å². The zero-order valence-corrected chi connectivity index (χ0v) is 17.0. The van der Waals surface area contributed by atoms with Gasteiger partial charge >= 0.3 is 6.18 Å². The number of ether oxygens (including phenoxy) is 2. The van der Waals surface area contributed by atoms with Crippen LogP contribution in [0.3, 0.4) is 0 Å². The molecule has 1 fully saturated rings. The highest BCUT2D eigenvalue weighted by Crippen LogP contribution is 2.32. The average Bonchev–Trinajstić information content (AvgIpc) is 3.09. The normalized spacial score (nSPS) is 18.6. The number of amides is 1. The number of rotatable bonds is 7. The van der Waals surface area contributed by atoms with Gasteiger partial charge in [0.2, 0.25) is 5.91 Å². The number of alkyl halides is 3. The minimum Gasteiger partial charge on any atom is -0.493 e. The van der Waals surface area contributed by atoms with Crippen LogP contribution in [0.4, 0.5) is 18.9 Å². The molecule has 0 saturated heterocycles. The molecule has 2 N–H and O–H groups in total. The van der Waals surface area contributed by atoms with E-state index in [4.69, 9.17) is 9.47 Å². The molecule has 1 amide bonds. The molecule has 0 spiro atoms. The van der Waals surface area contributed by atoms with Gasteiger partial charge in [0.05, 0.1) is 24.0 Å². The fourth-order valence-corrected chi connectivity index (χ4v) is 3.66. The number of fused-ring (bicyclic) bond motifs is 1. The lowest BCUT2D eigenvalue weighted by atomic mass is 9.81. The van der Waals surface area contributed by atoms with Gasteiger partial charge in [-0.1, -0.05) is 6.07 Å². The number of carbonyl (C=O) groups excluding carboxylic acids is 1. The maximum Gasteiger partial charge on any atom is 0.416 e. The van der Waals surface area contributed by atoms with Gasteiger partial charge in [0.15, 0.2) is 0 Å². The fraction of sp³-hybridized carbons (Fsp3) is 0.348. The first-order valence-electron chi connectivity index (χ1n) is 10.1. The number of hydrogen-bond donors (Lipinski definition) is 2. The van der Waals surface area contributed by atoms with Crippen LogP contribution in [0.15, 0.2) is 48.7 Å². The Kier molecular flexibility index (Phi) is 5.91. The molecule has 0 radical (unpaired) electrons. The lowest BCUT2D eigenvalue weighted by molar-refractivity contribution is -0.137. The summed E-state index contributed by atoms with van der Waals surface area (Å²) < 4.78 is 48.7. The molecule has 31 heavy (non-hydrogen) atoms. The van der Waals surface area contributed by atoms with Crippen molar-refractivity contribution in [3.8, 4) is 5.75 Å². The molecule has 0 bridgehead atoms. The highest BCUT2D eigenvalue weighted by atomic mass is 19.4. The quantitative estimate of drug-likeness (QED) is 0.541. The van der Waals surface area contributed by atoms with E-state index in [9.17, 15) is 18.0 Å². The molecule has 0 aliphatic heterocycles. The Labute approximate surface area is 177 Å². The lowest BCUT2D eigenvalue weighted by Crippen LogP contribution is -2.38. The summed E-state index contributed by atoms with van der Waals surface area (Å²) in [6.07, 6.45) is -0.378. The van der Waals surface area contributed by atoms with Crippen molar-refractivity contribution in [2.24, 2.45) is 5.92 Å². The van der Waals surface area contributed by atoms with Gasteiger partial charge in [0.25, 0.3) is 0 Å². The maximum absolute atomic E-state index is 12.6. The van der Waals surface area contributed by atoms with Crippen LogP contribution in [-0.2, 0) is 22.1 Å². The highest BCUT2D eigenvalue weighted by molar-refractivity contribution is 6.02. The number of aromatic amines is 1. The molecule has 5 nitrogen and oxygen atoms in total. The van der Waals surface area contributed by atoms with Crippen molar-refractivity contribution in [1.82, 2.24) is 4.98 Å². The van der Waals surface area contributed by atoms with E-state index in [2.05, 4.69) is 10.3 Å². The minimum atomic E-state index is -4.36. The number of carbonyl (C=O) groups is 1. The number of halogens is 3.